The van der Waals surface area contributed by atoms with Crippen molar-refractivity contribution in [2.45, 2.75) is 6.10 Å². The van der Waals surface area contributed by atoms with Gasteiger partial charge in [-0.05, 0) is 42.0 Å². The lowest BCUT2D eigenvalue weighted by atomic mass is 10.1. The van der Waals surface area contributed by atoms with Crippen LogP contribution in [0, 0.1) is 0 Å². The van der Waals surface area contributed by atoms with E-state index < -0.39 is 0 Å². The van der Waals surface area contributed by atoms with Gasteiger partial charge in [-0.2, -0.15) is 0 Å². The summed E-state index contributed by atoms with van der Waals surface area (Å²) in [6, 6.07) is 15.7. The van der Waals surface area contributed by atoms with Crippen LogP contribution in [-0.4, -0.2) is 35.6 Å². The summed E-state index contributed by atoms with van der Waals surface area (Å²) < 4.78 is 6.87. The molecule has 0 spiro atoms. The van der Waals surface area contributed by atoms with Gasteiger partial charge in [0.1, 0.15) is 11.1 Å². The second kappa shape index (κ2) is 8.21. The van der Waals surface area contributed by atoms with Crippen LogP contribution in [0.1, 0.15) is 11.7 Å². The number of urea groups is 1. The first-order valence-corrected chi connectivity index (χ1v) is 10.3. The largest absolute Gasteiger partial charge is 0.370 e. The zero-order valence-electron chi connectivity index (χ0n) is 14.5. The summed E-state index contributed by atoms with van der Waals surface area (Å²) in [5.74, 6) is 0. The molecule has 0 unspecified atom stereocenters. The fourth-order valence-electron chi connectivity index (χ4n) is 2.98. The average molecular weight is 444 g/mol. The number of benzene rings is 2. The molecule has 1 saturated heterocycles. The molecule has 0 saturated carbocycles. The molecule has 1 aliphatic rings. The number of amides is 2. The Hall–Kier alpha value is -2.22. The lowest BCUT2D eigenvalue weighted by molar-refractivity contribution is -0.0135. The van der Waals surface area contributed by atoms with Crippen molar-refractivity contribution >= 4 is 39.0 Å². The molecule has 1 N–H and O–H groups in total. The number of rotatable bonds is 3. The maximum absolute atomic E-state index is 12.7. The Morgan fingerprint density at radius 1 is 1.19 bits per heavy atom. The molecule has 1 aromatic heterocycles. The van der Waals surface area contributed by atoms with E-state index in [9.17, 15) is 4.79 Å². The van der Waals surface area contributed by atoms with Gasteiger partial charge in [0.25, 0.3) is 0 Å². The Kier molecular flexibility index (Phi) is 5.52. The molecule has 1 fully saturated rings. The molecule has 27 heavy (non-hydrogen) atoms. The number of halogens is 1. The maximum atomic E-state index is 12.7. The number of hydrogen-bond donors (Lipinski definition) is 1. The Bertz CT molecular complexity index is 898. The third-order valence-electron chi connectivity index (χ3n) is 4.41. The molecule has 5 nitrogen and oxygen atoms in total. The van der Waals surface area contributed by atoms with Crippen LogP contribution >= 0.6 is 27.3 Å². The SMILES string of the molecule is O=C(Nc1ccc(-c2nccs2)cc1)N1CCO[C@@H](c2ccc(Br)cc2)C1. The van der Waals surface area contributed by atoms with Crippen molar-refractivity contribution in [3.05, 3.63) is 70.1 Å². The molecule has 0 radical (unpaired) electrons. The van der Waals surface area contributed by atoms with Gasteiger partial charge >= 0.3 is 6.03 Å². The molecule has 2 amide bonds. The van der Waals surface area contributed by atoms with Gasteiger partial charge in [-0.3, -0.25) is 0 Å². The van der Waals surface area contributed by atoms with Crippen LogP contribution in [-0.2, 0) is 4.74 Å². The third-order valence-corrected chi connectivity index (χ3v) is 5.76. The van der Waals surface area contributed by atoms with E-state index in [4.69, 9.17) is 4.74 Å². The second-order valence-electron chi connectivity index (χ2n) is 6.20. The standard InChI is InChI=1S/C20H18BrN3O2S/c21-16-5-1-14(2-6-16)18-13-24(10-11-26-18)20(25)23-17-7-3-15(4-8-17)19-22-9-12-27-19/h1-9,12,18H,10-11,13H2,(H,23,25)/t18-/m1/s1. The van der Waals surface area contributed by atoms with Gasteiger partial charge in [-0.1, -0.05) is 28.1 Å². The highest BCUT2D eigenvalue weighted by molar-refractivity contribution is 9.10. The molecule has 0 bridgehead atoms. The summed E-state index contributed by atoms with van der Waals surface area (Å²) >= 11 is 5.03. The van der Waals surface area contributed by atoms with Crippen molar-refractivity contribution < 1.29 is 9.53 Å². The number of morpholine rings is 1. The van der Waals surface area contributed by atoms with Crippen LogP contribution in [0.25, 0.3) is 10.6 Å². The van der Waals surface area contributed by atoms with Gasteiger partial charge in [0, 0.05) is 33.8 Å². The summed E-state index contributed by atoms with van der Waals surface area (Å²) in [5.41, 5.74) is 2.89. The Labute approximate surface area is 170 Å². The molecule has 1 atom stereocenters. The maximum Gasteiger partial charge on any atom is 0.322 e. The molecular formula is C20H18BrN3O2S. The normalized spacial score (nSPS) is 16.9. The van der Waals surface area contributed by atoms with E-state index in [1.165, 1.54) is 0 Å². The van der Waals surface area contributed by atoms with Crippen molar-refractivity contribution in [2.24, 2.45) is 0 Å². The van der Waals surface area contributed by atoms with Crippen LogP contribution in [0.2, 0.25) is 0 Å². The zero-order chi connectivity index (χ0) is 18.6. The first-order chi connectivity index (χ1) is 13.2. The molecular weight excluding hydrogens is 426 g/mol. The monoisotopic (exact) mass is 443 g/mol. The van der Waals surface area contributed by atoms with Gasteiger partial charge in [0.15, 0.2) is 0 Å². The predicted molar refractivity (Wildman–Crippen MR) is 111 cm³/mol. The van der Waals surface area contributed by atoms with Crippen molar-refractivity contribution in [3.8, 4) is 10.6 Å². The van der Waals surface area contributed by atoms with Crippen LogP contribution < -0.4 is 5.32 Å². The number of carbonyl (C=O) groups excluding carboxylic acids is 1. The minimum absolute atomic E-state index is 0.107. The second-order valence-corrected chi connectivity index (χ2v) is 8.01. The van der Waals surface area contributed by atoms with Crippen molar-refractivity contribution in [1.29, 1.82) is 0 Å². The Morgan fingerprint density at radius 2 is 1.96 bits per heavy atom. The quantitative estimate of drug-likeness (QED) is 0.606. The van der Waals surface area contributed by atoms with Crippen molar-refractivity contribution in [1.82, 2.24) is 9.88 Å². The highest BCUT2D eigenvalue weighted by atomic mass is 79.9. The minimum Gasteiger partial charge on any atom is -0.370 e. The van der Waals surface area contributed by atoms with Crippen LogP contribution in [0.3, 0.4) is 0 Å². The predicted octanol–water partition coefficient (Wildman–Crippen LogP) is 5.18. The summed E-state index contributed by atoms with van der Waals surface area (Å²) in [7, 11) is 0. The molecule has 2 heterocycles. The number of ether oxygens (including phenoxy) is 1. The smallest absolute Gasteiger partial charge is 0.322 e. The van der Waals surface area contributed by atoms with Gasteiger partial charge < -0.3 is 15.0 Å². The van der Waals surface area contributed by atoms with E-state index >= 15 is 0 Å². The number of aromatic nitrogens is 1. The number of thiazole rings is 1. The zero-order valence-corrected chi connectivity index (χ0v) is 16.9. The molecule has 1 aliphatic heterocycles. The lowest BCUT2D eigenvalue weighted by Crippen LogP contribution is -2.44. The number of nitrogens with zero attached hydrogens (tertiary/aromatic N) is 2. The first-order valence-electron chi connectivity index (χ1n) is 8.62. The number of hydrogen-bond acceptors (Lipinski definition) is 4. The Morgan fingerprint density at radius 3 is 2.67 bits per heavy atom. The summed E-state index contributed by atoms with van der Waals surface area (Å²) in [5, 5.41) is 5.89. The molecule has 138 valence electrons. The van der Waals surface area contributed by atoms with Crippen LogP contribution in [0.5, 0.6) is 0 Å². The highest BCUT2D eigenvalue weighted by Gasteiger charge is 2.25. The lowest BCUT2D eigenvalue weighted by Gasteiger charge is -2.33. The first kappa shape index (κ1) is 18.2. The Balaban J connectivity index is 1.39. The minimum atomic E-state index is -0.109. The number of carbonyl (C=O) groups is 1. The molecule has 4 rings (SSSR count). The van der Waals surface area contributed by atoms with E-state index in [1.54, 1.807) is 22.4 Å². The van der Waals surface area contributed by atoms with Crippen LogP contribution in [0.15, 0.2) is 64.6 Å². The number of anilines is 1. The van der Waals surface area contributed by atoms with Gasteiger partial charge in [0.05, 0.1) is 13.2 Å². The fourth-order valence-corrected chi connectivity index (χ4v) is 3.89. The summed E-state index contributed by atoms with van der Waals surface area (Å²) in [4.78, 5) is 18.7. The molecule has 7 heteroatoms. The van der Waals surface area contributed by atoms with E-state index in [2.05, 4.69) is 26.2 Å². The van der Waals surface area contributed by atoms with E-state index in [1.807, 2.05) is 53.9 Å². The van der Waals surface area contributed by atoms with Crippen LogP contribution in [0.4, 0.5) is 10.5 Å². The molecule has 3 aromatic rings. The van der Waals surface area contributed by atoms with E-state index in [-0.39, 0.29) is 12.1 Å². The van der Waals surface area contributed by atoms with E-state index in [0.717, 1.165) is 26.3 Å². The third kappa shape index (κ3) is 4.37. The van der Waals surface area contributed by atoms with Gasteiger partial charge in [0.2, 0.25) is 0 Å². The summed E-state index contributed by atoms with van der Waals surface area (Å²) in [6.45, 7) is 1.64. The van der Waals surface area contributed by atoms with E-state index in [0.29, 0.717) is 19.7 Å². The van der Waals surface area contributed by atoms with Gasteiger partial charge in [-0.25, -0.2) is 9.78 Å². The topological polar surface area (TPSA) is 54.5 Å². The van der Waals surface area contributed by atoms with Crippen molar-refractivity contribution in [3.63, 3.8) is 0 Å². The highest BCUT2D eigenvalue weighted by Crippen LogP contribution is 2.25. The molecule has 2 aromatic carbocycles. The van der Waals surface area contributed by atoms with Gasteiger partial charge in [-0.15, -0.1) is 11.3 Å². The number of nitrogens with one attached hydrogen (secondary N) is 1. The molecule has 0 aliphatic carbocycles. The van der Waals surface area contributed by atoms with Crippen molar-refractivity contribution in [2.75, 3.05) is 25.0 Å². The average Bonchev–Trinajstić information content (AvgIpc) is 3.24. The fraction of sp³-hybridized carbons (Fsp3) is 0.200. The summed E-state index contributed by atoms with van der Waals surface area (Å²) in [6.07, 6.45) is 1.68.